The number of amides is 1. The van der Waals surface area contributed by atoms with Gasteiger partial charge in [-0.05, 0) is 43.2 Å². The van der Waals surface area contributed by atoms with E-state index in [1.54, 1.807) is 29.2 Å². The lowest BCUT2D eigenvalue weighted by Crippen LogP contribution is -2.36. The SMILES string of the molecule is Nc1c(-c2nc3ccccc3[nH]c2=O)[nH]c2ccc(C(=O)N3CCCC3C=O)cc12. The molecule has 0 saturated carbocycles. The summed E-state index contributed by atoms with van der Waals surface area (Å²) < 4.78 is 0. The van der Waals surface area contributed by atoms with Crippen molar-refractivity contribution in [2.24, 2.45) is 0 Å². The zero-order chi connectivity index (χ0) is 20.8. The van der Waals surface area contributed by atoms with E-state index < -0.39 is 0 Å². The largest absolute Gasteiger partial charge is 0.396 e. The highest BCUT2D eigenvalue weighted by Gasteiger charge is 2.29. The van der Waals surface area contributed by atoms with E-state index in [1.807, 2.05) is 18.2 Å². The van der Waals surface area contributed by atoms with Crippen LogP contribution < -0.4 is 11.3 Å². The number of anilines is 1. The molecule has 30 heavy (non-hydrogen) atoms. The molecule has 1 atom stereocenters. The second-order valence-electron chi connectivity index (χ2n) is 7.45. The van der Waals surface area contributed by atoms with Crippen LogP contribution in [-0.2, 0) is 4.79 Å². The van der Waals surface area contributed by atoms with E-state index in [1.165, 1.54) is 0 Å². The molecular formula is C22H19N5O3. The monoisotopic (exact) mass is 401 g/mol. The first-order chi connectivity index (χ1) is 14.6. The van der Waals surface area contributed by atoms with Gasteiger partial charge in [0.05, 0.1) is 28.5 Å². The van der Waals surface area contributed by atoms with Crippen LogP contribution >= 0.6 is 0 Å². The first-order valence-electron chi connectivity index (χ1n) is 9.73. The number of nitrogen functional groups attached to an aromatic ring is 1. The minimum absolute atomic E-state index is 0.191. The Bertz CT molecular complexity index is 1370. The minimum Gasteiger partial charge on any atom is -0.396 e. The van der Waals surface area contributed by atoms with Gasteiger partial charge in [0.25, 0.3) is 11.5 Å². The molecule has 1 aliphatic rings. The number of carbonyl (C=O) groups is 2. The summed E-state index contributed by atoms with van der Waals surface area (Å²) in [5.74, 6) is -0.199. The molecule has 2 aromatic heterocycles. The Morgan fingerprint density at radius 3 is 2.83 bits per heavy atom. The van der Waals surface area contributed by atoms with Gasteiger partial charge in [-0.15, -0.1) is 0 Å². The van der Waals surface area contributed by atoms with E-state index in [0.29, 0.717) is 51.8 Å². The smallest absolute Gasteiger partial charge is 0.276 e. The maximum absolute atomic E-state index is 12.9. The highest BCUT2D eigenvalue weighted by molar-refractivity contribution is 6.05. The van der Waals surface area contributed by atoms with E-state index in [0.717, 1.165) is 12.7 Å². The van der Waals surface area contributed by atoms with Crippen molar-refractivity contribution in [2.45, 2.75) is 18.9 Å². The molecule has 1 aliphatic heterocycles. The molecule has 4 aromatic rings. The zero-order valence-corrected chi connectivity index (χ0v) is 16.0. The number of hydrogen-bond donors (Lipinski definition) is 3. The number of nitrogens with zero attached hydrogens (tertiary/aromatic N) is 2. The molecule has 0 radical (unpaired) electrons. The summed E-state index contributed by atoms with van der Waals surface area (Å²) in [6.07, 6.45) is 2.32. The lowest BCUT2D eigenvalue weighted by Gasteiger charge is -2.20. The van der Waals surface area contributed by atoms with E-state index in [9.17, 15) is 14.4 Å². The number of nitrogens with one attached hydrogen (secondary N) is 2. The normalized spacial score (nSPS) is 16.4. The van der Waals surface area contributed by atoms with Gasteiger partial charge >= 0.3 is 0 Å². The van der Waals surface area contributed by atoms with Gasteiger partial charge in [-0.3, -0.25) is 9.59 Å². The Hall–Kier alpha value is -3.94. The third kappa shape index (κ3) is 2.76. The number of aldehydes is 1. The van der Waals surface area contributed by atoms with Crippen molar-refractivity contribution in [1.29, 1.82) is 0 Å². The van der Waals surface area contributed by atoms with Crippen LogP contribution in [0.15, 0.2) is 47.3 Å². The summed E-state index contributed by atoms with van der Waals surface area (Å²) >= 11 is 0. The number of rotatable bonds is 3. The minimum atomic E-state index is -0.382. The Morgan fingerprint density at radius 2 is 2.00 bits per heavy atom. The van der Waals surface area contributed by atoms with Crippen molar-refractivity contribution in [1.82, 2.24) is 19.9 Å². The fraction of sp³-hybridized carbons (Fsp3) is 0.182. The summed E-state index contributed by atoms with van der Waals surface area (Å²) in [6, 6.07) is 12.0. The van der Waals surface area contributed by atoms with Crippen LogP contribution in [0, 0.1) is 0 Å². The number of para-hydroxylation sites is 2. The van der Waals surface area contributed by atoms with Gasteiger partial charge in [-0.2, -0.15) is 0 Å². The lowest BCUT2D eigenvalue weighted by molar-refractivity contribution is -0.111. The standard InChI is InChI=1S/C22H19N5O3/c23-18-14-10-12(22(30)27-9-3-4-13(27)11-28)7-8-15(14)24-19(18)20-21(29)26-17-6-2-1-5-16(17)25-20/h1-2,5-8,10-11,13,24H,3-4,9,23H2,(H,26,29). The molecule has 0 aliphatic carbocycles. The van der Waals surface area contributed by atoms with Crippen LogP contribution in [0.2, 0.25) is 0 Å². The molecule has 0 spiro atoms. The molecule has 150 valence electrons. The molecule has 3 heterocycles. The van der Waals surface area contributed by atoms with Gasteiger partial charge < -0.3 is 25.4 Å². The number of H-pyrrole nitrogens is 2. The second-order valence-corrected chi connectivity index (χ2v) is 7.45. The van der Waals surface area contributed by atoms with E-state index in [4.69, 9.17) is 5.73 Å². The van der Waals surface area contributed by atoms with Gasteiger partial charge in [0.1, 0.15) is 6.29 Å². The number of fused-ring (bicyclic) bond motifs is 2. The molecular weight excluding hydrogens is 382 g/mol. The van der Waals surface area contributed by atoms with Crippen LogP contribution in [-0.4, -0.2) is 44.6 Å². The quantitative estimate of drug-likeness (QED) is 0.455. The second kappa shape index (κ2) is 6.84. The molecule has 4 N–H and O–H groups in total. The number of carbonyl (C=O) groups excluding carboxylic acids is 2. The molecule has 0 bridgehead atoms. The van der Waals surface area contributed by atoms with Crippen molar-refractivity contribution >= 4 is 39.8 Å². The summed E-state index contributed by atoms with van der Waals surface area (Å²) in [4.78, 5) is 48.8. The predicted octanol–water partition coefficient (Wildman–Crippen LogP) is 2.46. The van der Waals surface area contributed by atoms with Crippen LogP contribution in [0.5, 0.6) is 0 Å². The summed E-state index contributed by atoms with van der Waals surface area (Å²) in [5, 5.41) is 0.632. The van der Waals surface area contributed by atoms with Crippen molar-refractivity contribution in [2.75, 3.05) is 12.3 Å². The fourth-order valence-electron chi connectivity index (χ4n) is 4.08. The molecule has 1 amide bonds. The van der Waals surface area contributed by atoms with Gasteiger partial charge in [0.15, 0.2) is 5.69 Å². The number of benzene rings is 2. The van der Waals surface area contributed by atoms with E-state index in [2.05, 4.69) is 15.0 Å². The van der Waals surface area contributed by atoms with Crippen molar-refractivity contribution in [3.05, 3.63) is 58.4 Å². The van der Waals surface area contributed by atoms with Crippen molar-refractivity contribution in [3.8, 4) is 11.4 Å². The van der Waals surface area contributed by atoms with Crippen LogP contribution in [0.25, 0.3) is 33.3 Å². The predicted molar refractivity (Wildman–Crippen MR) is 114 cm³/mol. The number of nitrogens with two attached hydrogens (primary N) is 1. The van der Waals surface area contributed by atoms with Crippen molar-refractivity contribution in [3.63, 3.8) is 0 Å². The molecule has 5 rings (SSSR count). The highest BCUT2D eigenvalue weighted by Crippen LogP contribution is 2.32. The van der Waals surface area contributed by atoms with E-state index >= 15 is 0 Å². The Labute approximate surface area is 170 Å². The van der Waals surface area contributed by atoms with Gasteiger partial charge in [0.2, 0.25) is 0 Å². The molecule has 1 fully saturated rings. The summed E-state index contributed by atoms with van der Waals surface area (Å²) in [7, 11) is 0. The maximum Gasteiger partial charge on any atom is 0.276 e. The van der Waals surface area contributed by atoms with E-state index in [-0.39, 0.29) is 23.2 Å². The number of aromatic amines is 2. The number of aromatic nitrogens is 3. The zero-order valence-electron chi connectivity index (χ0n) is 16.0. The van der Waals surface area contributed by atoms with Gasteiger partial charge in [0, 0.05) is 23.0 Å². The molecule has 8 heteroatoms. The third-order valence-corrected chi connectivity index (χ3v) is 5.64. The Balaban J connectivity index is 1.60. The Kier molecular flexibility index (Phi) is 4.13. The van der Waals surface area contributed by atoms with Gasteiger partial charge in [-0.25, -0.2) is 4.98 Å². The van der Waals surface area contributed by atoms with Crippen molar-refractivity contribution < 1.29 is 9.59 Å². The average molecular weight is 401 g/mol. The molecule has 2 aromatic carbocycles. The maximum atomic E-state index is 12.9. The van der Waals surface area contributed by atoms with Crippen LogP contribution in [0.3, 0.4) is 0 Å². The van der Waals surface area contributed by atoms with Crippen LogP contribution in [0.1, 0.15) is 23.2 Å². The Morgan fingerprint density at radius 1 is 1.17 bits per heavy atom. The first kappa shape index (κ1) is 18.1. The molecule has 1 unspecified atom stereocenters. The average Bonchev–Trinajstić information content (AvgIpc) is 3.37. The topological polar surface area (TPSA) is 125 Å². The first-order valence-corrected chi connectivity index (χ1v) is 9.73. The lowest BCUT2D eigenvalue weighted by atomic mass is 10.1. The highest BCUT2D eigenvalue weighted by atomic mass is 16.2. The van der Waals surface area contributed by atoms with Crippen LogP contribution in [0.4, 0.5) is 5.69 Å². The number of likely N-dealkylation sites (tertiary alicyclic amines) is 1. The van der Waals surface area contributed by atoms with Gasteiger partial charge in [-0.1, -0.05) is 12.1 Å². The number of hydrogen-bond acceptors (Lipinski definition) is 5. The fourth-order valence-corrected chi connectivity index (χ4v) is 4.08. The molecule has 8 nitrogen and oxygen atoms in total. The third-order valence-electron chi connectivity index (χ3n) is 5.64. The summed E-state index contributed by atoms with van der Waals surface area (Å²) in [5.41, 5.74) is 9.39. The molecule has 1 saturated heterocycles. The summed E-state index contributed by atoms with van der Waals surface area (Å²) in [6.45, 7) is 0.560.